The van der Waals surface area contributed by atoms with Gasteiger partial charge in [0.05, 0.1) is 16.6 Å². The summed E-state index contributed by atoms with van der Waals surface area (Å²) in [5.41, 5.74) is 1.84. The minimum absolute atomic E-state index is 0.201. The van der Waals surface area contributed by atoms with Gasteiger partial charge in [-0.1, -0.05) is 17.7 Å². The zero-order valence-corrected chi connectivity index (χ0v) is 13.4. The summed E-state index contributed by atoms with van der Waals surface area (Å²) in [6.45, 7) is 0.700. The third-order valence-corrected chi connectivity index (χ3v) is 4.52. The van der Waals surface area contributed by atoms with Crippen LogP contribution < -0.4 is 0 Å². The van der Waals surface area contributed by atoms with E-state index in [1.54, 1.807) is 4.90 Å². The molecule has 6 heteroatoms. The van der Waals surface area contributed by atoms with E-state index in [1.807, 2.05) is 25.2 Å². The smallest absolute Gasteiger partial charge is 0.222 e. The van der Waals surface area contributed by atoms with Crippen molar-refractivity contribution in [3.05, 3.63) is 29.0 Å². The van der Waals surface area contributed by atoms with Gasteiger partial charge in [0.2, 0.25) is 5.91 Å². The number of aryl methyl sites for hydroxylation is 1. The summed E-state index contributed by atoms with van der Waals surface area (Å²) in [6.07, 6.45) is 2.10. The lowest BCUT2D eigenvalue weighted by molar-refractivity contribution is -0.132. The van der Waals surface area contributed by atoms with Crippen LogP contribution >= 0.6 is 23.2 Å². The maximum Gasteiger partial charge on any atom is 0.222 e. The Balaban J connectivity index is 2.09. The van der Waals surface area contributed by atoms with Crippen molar-refractivity contribution in [3.8, 4) is 0 Å². The van der Waals surface area contributed by atoms with Gasteiger partial charge in [0.15, 0.2) is 0 Å². The van der Waals surface area contributed by atoms with Crippen molar-refractivity contribution in [2.24, 2.45) is 0 Å². The number of carbonyl (C=O) groups is 1. The van der Waals surface area contributed by atoms with E-state index in [-0.39, 0.29) is 11.9 Å². The molecule has 2 aromatic rings. The van der Waals surface area contributed by atoms with E-state index in [4.69, 9.17) is 23.2 Å². The number of amides is 1. The number of piperidine rings is 1. The quantitative estimate of drug-likeness (QED) is 0.812. The standard InChI is InChI=1S/C15H17Cl2N3O/c1-19-9-10(5-6-14(19)21)20-12-4-2-3-11(17)15(12)18-13(20)7-8-16/h2-4,10H,5-9H2,1H3. The van der Waals surface area contributed by atoms with Gasteiger partial charge in [-0.05, 0) is 18.6 Å². The SMILES string of the molecule is CN1CC(n2c(CCCl)nc3c(Cl)cccc32)CCC1=O. The second kappa shape index (κ2) is 5.85. The maximum absolute atomic E-state index is 11.7. The fraction of sp³-hybridized carbons (Fsp3) is 0.467. The van der Waals surface area contributed by atoms with Crippen molar-refractivity contribution < 1.29 is 4.79 Å². The third kappa shape index (κ3) is 2.62. The molecule has 1 unspecified atom stereocenters. The van der Waals surface area contributed by atoms with E-state index in [0.717, 1.165) is 23.3 Å². The second-order valence-corrected chi connectivity index (χ2v) is 6.20. The number of carbonyl (C=O) groups excluding carboxylic acids is 1. The van der Waals surface area contributed by atoms with Crippen molar-refractivity contribution in [3.63, 3.8) is 0 Å². The lowest BCUT2D eigenvalue weighted by atomic mass is 10.0. The molecule has 3 rings (SSSR count). The van der Waals surface area contributed by atoms with Gasteiger partial charge < -0.3 is 9.47 Å². The molecule has 1 aromatic carbocycles. The van der Waals surface area contributed by atoms with Crippen LogP contribution in [0.25, 0.3) is 11.0 Å². The van der Waals surface area contributed by atoms with Crippen molar-refractivity contribution >= 4 is 40.1 Å². The number of likely N-dealkylation sites (tertiary alicyclic amines) is 1. The minimum atomic E-state index is 0.201. The number of rotatable bonds is 3. The third-order valence-electron chi connectivity index (χ3n) is 4.03. The highest BCUT2D eigenvalue weighted by Crippen LogP contribution is 2.31. The van der Waals surface area contributed by atoms with E-state index in [9.17, 15) is 4.79 Å². The summed E-state index contributed by atoms with van der Waals surface area (Å²) < 4.78 is 2.21. The van der Waals surface area contributed by atoms with Crippen LogP contribution in [-0.2, 0) is 11.2 Å². The number of nitrogens with zero attached hydrogens (tertiary/aromatic N) is 3. The first-order valence-corrected chi connectivity index (χ1v) is 7.98. The first-order chi connectivity index (χ1) is 10.1. The van der Waals surface area contributed by atoms with Crippen LogP contribution in [0.3, 0.4) is 0 Å². The number of fused-ring (bicyclic) bond motifs is 1. The highest BCUT2D eigenvalue weighted by atomic mass is 35.5. The van der Waals surface area contributed by atoms with E-state index in [1.165, 1.54) is 0 Å². The van der Waals surface area contributed by atoms with E-state index >= 15 is 0 Å². The Hall–Kier alpha value is -1.26. The largest absolute Gasteiger partial charge is 0.344 e. The van der Waals surface area contributed by atoms with Crippen LogP contribution in [0.4, 0.5) is 0 Å². The maximum atomic E-state index is 11.7. The van der Waals surface area contributed by atoms with Crippen LogP contribution in [0.2, 0.25) is 5.02 Å². The van der Waals surface area contributed by atoms with Crippen LogP contribution in [0.1, 0.15) is 24.7 Å². The van der Waals surface area contributed by atoms with E-state index < -0.39 is 0 Å². The summed E-state index contributed by atoms with van der Waals surface area (Å²) in [5, 5.41) is 0.655. The predicted octanol–water partition coefficient (Wildman–Crippen LogP) is 3.26. The average molecular weight is 326 g/mol. The molecule has 0 bridgehead atoms. The highest BCUT2D eigenvalue weighted by Gasteiger charge is 2.27. The molecule has 1 aromatic heterocycles. The molecule has 1 aliphatic heterocycles. The number of para-hydroxylation sites is 1. The summed E-state index contributed by atoms with van der Waals surface area (Å²) in [6, 6.07) is 6.05. The van der Waals surface area contributed by atoms with Crippen LogP contribution in [0.5, 0.6) is 0 Å². The molecule has 0 N–H and O–H groups in total. The van der Waals surface area contributed by atoms with Crippen LogP contribution in [-0.4, -0.2) is 39.8 Å². The summed E-state index contributed by atoms with van der Waals surface area (Å²) in [4.78, 5) is 18.1. The van der Waals surface area contributed by atoms with E-state index in [2.05, 4.69) is 9.55 Å². The average Bonchev–Trinajstić information content (AvgIpc) is 2.82. The zero-order chi connectivity index (χ0) is 15.0. The predicted molar refractivity (Wildman–Crippen MR) is 85.1 cm³/mol. The molecule has 0 spiro atoms. The Labute approximate surface area is 133 Å². The Bertz CT molecular complexity index is 683. The molecular weight excluding hydrogens is 309 g/mol. The number of halogens is 2. The first kappa shape index (κ1) is 14.7. The topological polar surface area (TPSA) is 38.1 Å². The number of imidazole rings is 1. The van der Waals surface area contributed by atoms with Crippen molar-refractivity contribution in [2.45, 2.75) is 25.3 Å². The molecule has 1 fully saturated rings. The summed E-state index contributed by atoms with van der Waals surface area (Å²) >= 11 is 12.2. The molecule has 1 saturated heterocycles. The fourth-order valence-electron chi connectivity index (χ4n) is 3.00. The lowest BCUT2D eigenvalue weighted by Gasteiger charge is -2.31. The van der Waals surface area contributed by atoms with E-state index in [0.29, 0.717) is 30.3 Å². The molecule has 0 saturated carbocycles. The van der Waals surface area contributed by atoms with Crippen LogP contribution in [0.15, 0.2) is 18.2 Å². The number of benzene rings is 1. The van der Waals surface area contributed by atoms with Crippen molar-refractivity contribution in [1.29, 1.82) is 0 Å². The molecule has 0 radical (unpaired) electrons. The monoisotopic (exact) mass is 325 g/mol. The van der Waals surface area contributed by atoms with Gasteiger partial charge in [-0.3, -0.25) is 4.79 Å². The van der Waals surface area contributed by atoms with Gasteiger partial charge in [-0.15, -0.1) is 11.6 Å². The van der Waals surface area contributed by atoms with Crippen molar-refractivity contribution in [1.82, 2.24) is 14.5 Å². The van der Waals surface area contributed by atoms with Gasteiger partial charge in [-0.25, -0.2) is 4.98 Å². The Morgan fingerprint density at radius 3 is 2.95 bits per heavy atom. The molecule has 2 heterocycles. The molecule has 1 amide bonds. The number of likely N-dealkylation sites (N-methyl/N-ethyl adjacent to an activating group) is 1. The molecule has 0 aliphatic carbocycles. The summed E-state index contributed by atoms with van der Waals surface area (Å²) in [7, 11) is 1.85. The Morgan fingerprint density at radius 1 is 1.43 bits per heavy atom. The second-order valence-electron chi connectivity index (χ2n) is 5.41. The number of hydrogen-bond acceptors (Lipinski definition) is 2. The first-order valence-electron chi connectivity index (χ1n) is 7.07. The number of alkyl halides is 1. The molecule has 1 atom stereocenters. The highest BCUT2D eigenvalue weighted by molar-refractivity contribution is 6.34. The minimum Gasteiger partial charge on any atom is -0.344 e. The molecule has 112 valence electrons. The van der Waals surface area contributed by atoms with Gasteiger partial charge >= 0.3 is 0 Å². The molecule has 21 heavy (non-hydrogen) atoms. The molecule has 4 nitrogen and oxygen atoms in total. The van der Waals surface area contributed by atoms with Gasteiger partial charge in [0.1, 0.15) is 11.3 Å². The van der Waals surface area contributed by atoms with Gasteiger partial charge in [-0.2, -0.15) is 0 Å². The van der Waals surface area contributed by atoms with Gasteiger partial charge in [0, 0.05) is 32.3 Å². The normalized spacial score (nSPS) is 19.5. The number of hydrogen-bond donors (Lipinski definition) is 0. The lowest BCUT2D eigenvalue weighted by Crippen LogP contribution is -2.38. The summed E-state index contributed by atoms with van der Waals surface area (Å²) in [5.74, 6) is 1.66. The zero-order valence-electron chi connectivity index (χ0n) is 11.9. The van der Waals surface area contributed by atoms with Crippen LogP contribution in [0, 0.1) is 0 Å². The van der Waals surface area contributed by atoms with Gasteiger partial charge in [0.25, 0.3) is 0 Å². The Morgan fingerprint density at radius 2 is 2.24 bits per heavy atom. The molecule has 1 aliphatic rings. The Kier molecular flexibility index (Phi) is 4.09. The fourth-order valence-corrected chi connectivity index (χ4v) is 3.38. The van der Waals surface area contributed by atoms with Crippen molar-refractivity contribution in [2.75, 3.05) is 19.5 Å². The molecular formula is C15H17Cl2N3O. The number of aromatic nitrogens is 2.